The molecule has 0 spiro atoms. The Kier molecular flexibility index (Phi) is 6.68. The maximum Gasteiger partial charge on any atom is 0.326 e. The second-order valence-electron chi connectivity index (χ2n) is 7.05. The zero-order valence-electron chi connectivity index (χ0n) is 16.9. The first-order valence-electron chi connectivity index (χ1n) is 9.64. The van der Waals surface area contributed by atoms with Crippen molar-refractivity contribution in [3.05, 3.63) is 53.6 Å². The van der Waals surface area contributed by atoms with Crippen molar-refractivity contribution in [2.24, 2.45) is 0 Å². The van der Waals surface area contributed by atoms with E-state index in [2.05, 4.69) is 20.6 Å². The van der Waals surface area contributed by atoms with E-state index in [0.717, 1.165) is 11.3 Å². The van der Waals surface area contributed by atoms with Gasteiger partial charge in [-0.2, -0.15) is 4.98 Å². The fourth-order valence-electron chi connectivity index (χ4n) is 3.03. The van der Waals surface area contributed by atoms with E-state index in [-0.39, 0.29) is 30.2 Å². The SMILES string of the molecule is Nc1nc(N)c2cc(NCc3ccc(C(=O)NC(CCC(=O)O)C(=O)O)cc3)ccc2n1. The Balaban J connectivity index is 1.62. The lowest BCUT2D eigenvalue weighted by atomic mass is 10.1. The third-order valence-corrected chi connectivity index (χ3v) is 4.71. The van der Waals surface area contributed by atoms with Gasteiger partial charge in [-0.3, -0.25) is 9.59 Å². The highest BCUT2D eigenvalue weighted by atomic mass is 16.4. The first kappa shape index (κ1) is 22.3. The summed E-state index contributed by atoms with van der Waals surface area (Å²) < 4.78 is 0. The van der Waals surface area contributed by atoms with E-state index in [1.807, 2.05) is 12.1 Å². The minimum Gasteiger partial charge on any atom is -0.481 e. The number of amides is 1. The van der Waals surface area contributed by atoms with E-state index < -0.39 is 23.9 Å². The average molecular weight is 438 g/mol. The highest BCUT2D eigenvalue weighted by Gasteiger charge is 2.21. The number of carbonyl (C=O) groups is 3. The summed E-state index contributed by atoms with van der Waals surface area (Å²) in [5, 5.41) is 24.1. The number of hydrogen-bond acceptors (Lipinski definition) is 8. The van der Waals surface area contributed by atoms with E-state index in [1.54, 1.807) is 30.3 Å². The highest BCUT2D eigenvalue weighted by Crippen LogP contribution is 2.23. The van der Waals surface area contributed by atoms with Crippen LogP contribution in [0.5, 0.6) is 0 Å². The maximum atomic E-state index is 12.3. The summed E-state index contributed by atoms with van der Waals surface area (Å²) in [5.74, 6) is -2.62. The number of nitrogens with one attached hydrogen (secondary N) is 2. The second kappa shape index (κ2) is 9.60. The van der Waals surface area contributed by atoms with Gasteiger partial charge in [-0.15, -0.1) is 0 Å². The summed E-state index contributed by atoms with van der Waals surface area (Å²) in [5.41, 5.74) is 14.1. The lowest BCUT2D eigenvalue weighted by molar-refractivity contribution is -0.140. The molecule has 0 saturated carbocycles. The van der Waals surface area contributed by atoms with E-state index in [4.69, 9.17) is 21.7 Å². The van der Waals surface area contributed by atoms with Gasteiger partial charge in [-0.25, -0.2) is 9.78 Å². The van der Waals surface area contributed by atoms with E-state index in [9.17, 15) is 14.4 Å². The molecule has 0 saturated heterocycles. The Hall–Kier alpha value is -4.41. The molecule has 0 bridgehead atoms. The van der Waals surface area contributed by atoms with E-state index >= 15 is 0 Å². The Bertz CT molecular complexity index is 1170. The lowest BCUT2D eigenvalue weighted by Crippen LogP contribution is -2.41. The summed E-state index contributed by atoms with van der Waals surface area (Å²) in [6, 6.07) is 10.7. The van der Waals surface area contributed by atoms with Crippen molar-refractivity contribution in [2.45, 2.75) is 25.4 Å². The second-order valence-corrected chi connectivity index (χ2v) is 7.05. The number of carboxylic acid groups (broad SMARTS) is 2. The van der Waals surface area contributed by atoms with Crippen molar-refractivity contribution in [3.8, 4) is 0 Å². The zero-order valence-corrected chi connectivity index (χ0v) is 16.9. The van der Waals surface area contributed by atoms with Crippen LogP contribution in [0.15, 0.2) is 42.5 Å². The smallest absolute Gasteiger partial charge is 0.326 e. The minimum absolute atomic E-state index is 0.108. The molecule has 1 aromatic heterocycles. The Morgan fingerprint density at radius 2 is 1.72 bits per heavy atom. The van der Waals surface area contributed by atoms with Gasteiger partial charge in [-0.05, 0) is 42.3 Å². The lowest BCUT2D eigenvalue weighted by Gasteiger charge is -2.14. The predicted octanol–water partition coefficient (Wildman–Crippen LogP) is 1.45. The summed E-state index contributed by atoms with van der Waals surface area (Å²) in [6.45, 7) is 0.458. The number of fused-ring (bicyclic) bond motifs is 1. The number of nitrogens with zero attached hydrogens (tertiary/aromatic N) is 2. The van der Waals surface area contributed by atoms with Gasteiger partial charge in [0.2, 0.25) is 5.95 Å². The number of anilines is 3. The van der Waals surface area contributed by atoms with E-state index in [1.165, 1.54) is 0 Å². The molecule has 1 atom stereocenters. The molecule has 1 amide bonds. The molecule has 0 aliphatic carbocycles. The van der Waals surface area contributed by atoms with Crippen molar-refractivity contribution in [1.29, 1.82) is 0 Å². The van der Waals surface area contributed by atoms with Crippen molar-refractivity contribution in [2.75, 3.05) is 16.8 Å². The van der Waals surface area contributed by atoms with Crippen LogP contribution >= 0.6 is 0 Å². The number of carbonyl (C=O) groups excluding carboxylic acids is 1. The number of benzene rings is 2. The molecule has 166 valence electrons. The van der Waals surface area contributed by atoms with Crippen LogP contribution in [-0.2, 0) is 16.1 Å². The molecule has 1 unspecified atom stereocenters. The quantitative estimate of drug-likeness (QED) is 0.285. The molecule has 3 rings (SSSR count). The molecule has 1 heterocycles. The van der Waals surface area contributed by atoms with E-state index in [0.29, 0.717) is 17.4 Å². The molecular weight excluding hydrogens is 416 g/mol. The van der Waals surface area contributed by atoms with Crippen molar-refractivity contribution in [1.82, 2.24) is 15.3 Å². The van der Waals surface area contributed by atoms with Crippen LogP contribution in [0.4, 0.5) is 17.5 Å². The third kappa shape index (κ3) is 5.59. The number of aromatic nitrogens is 2. The molecule has 0 aliphatic rings. The van der Waals surface area contributed by atoms with Gasteiger partial charge in [0.15, 0.2) is 0 Å². The van der Waals surface area contributed by atoms with Crippen LogP contribution < -0.4 is 22.1 Å². The third-order valence-electron chi connectivity index (χ3n) is 4.71. The molecule has 32 heavy (non-hydrogen) atoms. The fourth-order valence-corrected chi connectivity index (χ4v) is 3.03. The van der Waals surface area contributed by atoms with Gasteiger partial charge in [0, 0.05) is 29.6 Å². The molecular formula is C21H22N6O5. The molecule has 11 heteroatoms. The summed E-state index contributed by atoms with van der Waals surface area (Å²) >= 11 is 0. The van der Waals surface area contributed by atoms with Gasteiger partial charge >= 0.3 is 11.9 Å². The fraction of sp³-hybridized carbons (Fsp3) is 0.190. The van der Waals surface area contributed by atoms with Crippen LogP contribution in [0.1, 0.15) is 28.8 Å². The standard InChI is InChI=1S/C21H22N6O5/c22-18-14-9-13(5-6-15(14)26-21(23)27-18)24-10-11-1-3-12(4-2-11)19(30)25-16(20(31)32)7-8-17(28)29/h1-6,9,16,24H,7-8,10H2,(H,25,30)(H,28,29)(H,31,32)(H4,22,23,26,27). The summed E-state index contributed by atoms with van der Waals surface area (Å²) in [6.07, 6.45) is -0.561. The topological polar surface area (TPSA) is 194 Å². The summed E-state index contributed by atoms with van der Waals surface area (Å²) in [4.78, 5) is 42.3. The van der Waals surface area contributed by atoms with Crippen LogP contribution in [0.2, 0.25) is 0 Å². The molecule has 0 fully saturated rings. The molecule has 2 aromatic carbocycles. The molecule has 11 nitrogen and oxygen atoms in total. The molecule has 3 aromatic rings. The highest BCUT2D eigenvalue weighted by molar-refractivity contribution is 5.96. The van der Waals surface area contributed by atoms with Gasteiger partial charge in [0.05, 0.1) is 5.52 Å². The maximum absolute atomic E-state index is 12.3. The van der Waals surface area contributed by atoms with Crippen molar-refractivity contribution < 1.29 is 24.6 Å². The normalized spacial score (nSPS) is 11.6. The van der Waals surface area contributed by atoms with Crippen LogP contribution in [0.25, 0.3) is 10.9 Å². The Morgan fingerprint density at radius 3 is 2.38 bits per heavy atom. The van der Waals surface area contributed by atoms with Gasteiger partial charge in [0.1, 0.15) is 11.9 Å². The van der Waals surface area contributed by atoms with Crippen molar-refractivity contribution in [3.63, 3.8) is 0 Å². The first-order valence-corrected chi connectivity index (χ1v) is 9.64. The number of carboxylic acids is 2. The minimum atomic E-state index is -1.29. The number of nitrogens with two attached hydrogens (primary N) is 2. The first-order chi connectivity index (χ1) is 15.2. The van der Waals surface area contributed by atoms with Gasteiger partial charge in [-0.1, -0.05) is 12.1 Å². The molecule has 8 N–H and O–H groups in total. The number of nitrogen functional groups attached to an aromatic ring is 2. The number of aliphatic carboxylic acids is 2. The van der Waals surface area contributed by atoms with Gasteiger partial charge in [0.25, 0.3) is 5.91 Å². The monoisotopic (exact) mass is 438 g/mol. The Morgan fingerprint density at radius 1 is 1.00 bits per heavy atom. The van der Waals surface area contributed by atoms with Crippen LogP contribution in [0.3, 0.4) is 0 Å². The van der Waals surface area contributed by atoms with Gasteiger partial charge < -0.3 is 32.3 Å². The molecule has 0 aliphatic heterocycles. The van der Waals surface area contributed by atoms with Crippen LogP contribution in [0, 0.1) is 0 Å². The van der Waals surface area contributed by atoms with Crippen molar-refractivity contribution >= 4 is 46.2 Å². The average Bonchev–Trinajstić information content (AvgIpc) is 2.75. The number of hydrogen-bond donors (Lipinski definition) is 6. The zero-order chi connectivity index (χ0) is 23.3. The number of rotatable bonds is 9. The Labute approximate surface area is 182 Å². The summed E-state index contributed by atoms with van der Waals surface area (Å²) in [7, 11) is 0. The van der Waals surface area contributed by atoms with Crippen LogP contribution in [-0.4, -0.2) is 44.1 Å². The molecule has 0 radical (unpaired) electrons. The largest absolute Gasteiger partial charge is 0.481 e. The predicted molar refractivity (Wildman–Crippen MR) is 118 cm³/mol.